The lowest BCUT2D eigenvalue weighted by atomic mass is 10.0. The number of unbranched alkanes of at least 4 members (excludes halogenated alkanes) is 7. The molecule has 0 saturated carbocycles. The van der Waals surface area contributed by atoms with Gasteiger partial charge in [-0.3, -0.25) is 0 Å². The van der Waals surface area contributed by atoms with Crippen molar-refractivity contribution in [1.82, 2.24) is 0 Å². The number of benzene rings is 1. The third kappa shape index (κ3) is 17.1. The minimum Gasteiger partial charge on any atom is -0.111 e. The van der Waals surface area contributed by atoms with Crippen molar-refractivity contribution >= 4 is 8.58 Å². The standard InChI is InChI=1S/C17H28.C8H19P/c1-3-4-5-6-7-8-9-10-14-17-15-12-11-13-16(17)2;1-7(2,3)9-8(4,5)6/h11-13,15H,3-10,14H2,1-2H3;9H,1-6H3. The summed E-state index contributed by atoms with van der Waals surface area (Å²) in [6.45, 7) is 18.3. The van der Waals surface area contributed by atoms with Gasteiger partial charge in [-0.25, -0.2) is 0 Å². The monoisotopic (exact) mass is 378 g/mol. The van der Waals surface area contributed by atoms with E-state index in [2.05, 4.69) is 79.7 Å². The quantitative estimate of drug-likeness (QED) is 0.297. The summed E-state index contributed by atoms with van der Waals surface area (Å²) in [6, 6.07) is 8.79. The highest BCUT2D eigenvalue weighted by Gasteiger charge is 2.19. The third-order valence-electron chi connectivity index (χ3n) is 4.31. The van der Waals surface area contributed by atoms with Gasteiger partial charge in [0, 0.05) is 0 Å². The normalized spacial score (nSPS) is 11.8. The lowest BCUT2D eigenvalue weighted by molar-refractivity contribution is 0.575. The first-order valence-electron chi connectivity index (χ1n) is 10.9. The molecule has 0 amide bonds. The van der Waals surface area contributed by atoms with Crippen molar-refractivity contribution in [2.45, 2.75) is 123 Å². The molecule has 152 valence electrons. The van der Waals surface area contributed by atoms with Crippen molar-refractivity contribution in [2.75, 3.05) is 0 Å². The second kappa shape index (κ2) is 13.8. The van der Waals surface area contributed by atoms with Gasteiger partial charge < -0.3 is 0 Å². The van der Waals surface area contributed by atoms with Crippen LogP contribution in [0.2, 0.25) is 0 Å². The first kappa shape index (κ1) is 25.6. The molecule has 0 N–H and O–H groups in total. The second-order valence-electron chi connectivity index (χ2n) is 9.78. The lowest BCUT2D eigenvalue weighted by Crippen LogP contribution is -2.16. The Kier molecular flexibility index (Phi) is 13.6. The molecular formula is C25H47P. The molecule has 26 heavy (non-hydrogen) atoms. The molecule has 0 aliphatic rings. The average Bonchev–Trinajstić information content (AvgIpc) is 2.48. The molecule has 0 atom stereocenters. The van der Waals surface area contributed by atoms with Crippen LogP contribution in [0.25, 0.3) is 0 Å². The van der Waals surface area contributed by atoms with Crippen molar-refractivity contribution in [3.05, 3.63) is 35.4 Å². The molecular weight excluding hydrogens is 331 g/mol. The van der Waals surface area contributed by atoms with E-state index in [1.807, 2.05) is 0 Å². The molecule has 0 aromatic heterocycles. The Morgan fingerprint density at radius 1 is 0.692 bits per heavy atom. The summed E-state index contributed by atoms with van der Waals surface area (Å²) in [5.41, 5.74) is 2.99. The van der Waals surface area contributed by atoms with Gasteiger partial charge in [0.05, 0.1) is 0 Å². The zero-order chi connectivity index (χ0) is 20.1. The fraction of sp³-hybridized carbons (Fsp3) is 0.760. The molecule has 0 aliphatic heterocycles. The van der Waals surface area contributed by atoms with Gasteiger partial charge in [-0.1, -0.05) is 118 Å². The third-order valence-corrected chi connectivity index (χ3v) is 5.81. The Labute approximate surface area is 167 Å². The number of aryl methyl sites for hydroxylation is 2. The van der Waals surface area contributed by atoms with Crippen LogP contribution in [0.3, 0.4) is 0 Å². The maximum Gasteiger partial charge on any atom is -0.0202 e. The van der Waals surface area contributed by atoms with E-state index in [4.69, 9.17) is 0 Å². The zero-order valence-electron chi connectivity index (χ0n) is 19.2. The predicted octanol–water partition coefficient (Wildman–Crippen LogP) is 8.94. The lowest BCUT2D eigenvalue weighted by Gasteiger charge is -2.28. The van der Waals surface area contributed by atoms with Crippen LogP contribution in [-0.4, -0.2) is 10.3 Å². The fourth-order valence-electron chi connectivity index (χ4n) is 3.46. The van der Waals surface area contributed by atoms with Gasteiger partial charge in [0.15, 0.2) is 0 Å². The molecule has 1 heteroatoms. The van der Waals surface area contributed by atoms with Crippen molar-refractivity contribution in [1.29, 1.82) is 0 Å². The Bertz CT molecular complexity index is 436. The molecule has 0 saturated heterocycles. The average molecular weight is 379 g/mol. The number of hydrogen-bond acceptors (Lipinski definition) is 0. The maximum absolute atomic E-state index is 2.30. The molecule has 0 unspecified atom stereocenters. The molecule has 0 fully saturated rings. The zero-order valence-corrected chi connectivity index (χ0v) is 20.2. The van der Waals surface area contributed by atoms with E-state index in [1.165, 1.54) is 63.4 Å². The van der Waals surface area contributed by atoms with Gasteiger partial charge in [0.1, 0.15) is 0 Å². The summed E-state index contributed by atoms with van der Waals surface area (Å²) in [4.78, 5) is 0. The van der Waals surface area contributed by atoms with Crippen LogP contribution in [0.1, 0.15) is 111 Å². The van der Waals surface area contributed by atoms with Crippen molar-refractivity contribution < 1.29 is 0 Å². The Morgan fingerprint density at radius 3 is 1.58 bits per heavy atom. The summed E-state index contributed by atoms with van der Waals surface area (Å²) >= 11 is 0. The predicted molar refractivity (Wildman–Crippen MR) is 125 cm³/mol. The first-order valence-corrected chi connectivity index (χ1v) is 11.9. The molecule has 0 aliphatic carbocycles. The summed E-state index contributed by atoms with van der Waals surface area (Å²) in [6.07, 6.45) is 12.5. The topological polar surface area (TPSA) is 0 Å². The smallest absolute Gasteiger partial charge is 0.0202 e. The van der Waals surface area contributed by atoms with Gasteiger partial charge in [-0.2, -0.15) is 0 Å². The number of hydrogen-bond donors (Lipinski definition) is 0. The van der Waals surface area contributed by atoms with E-state index < -0.39 is 0 Å². The molecule has 1 aromatic carbocycles. The van der Waals surface area contributed by atoms with E-state index in [0.29, 0.717) is 10.3 Å². The van der Waals surface area contributed by atoms with E-state index >= 15 is 0 Å². The molecule has 1 aromatic rings. The largest absolute Gasteiger partial charge is 0.111 e. The molecule has 0 spiro atoms. The SMILES string of the molecule is CC(C)(C)PC(C)(C)C.CCCCCCCCCCc1ccccc1C. The summed E-state index contributed by atoms with van der Waals surface area (Å²) in [5, 5.41) is 1.02. The van der Waals surface area contributed by atoms with Gasteiger partial charge in [0.2, 0.25) is 0 Å². The van der Waals surface area contributed by atoms with Crippen LogP contribution in [0.4, 0.5) is 0 Å². The number of rotatable bonds is 9. The molecule has 0 radical (unpaired) electrons. The van der Waals surface area contributed by atoms with E-state index in [0.717, 1.165) is 8.58 Å². The Hall–Kier alpha value is -0.350. The molecule has 1 rings (SSSR count). The minimum atomic E-state index is 0.512. The van der Waals surface area contributed by atoms with Gasteiger partial charge in [-0.15, -0.1) is 8.58 Å². The van der Waals surface area contributed by atoms with Crippen LogP contribution < -0.4 is 0 Å². The summed E-state index contributed by atoms with van der Waals surface area (Å²) in [7, 11) is 1.05. The van der Waals surface area contributed by atoms with Crippen LogP contribution in [0.5, 0.6) is 0 Å². The maximum atomic E-state index is 2.30. The van der Waals surface area contributed by atoms with E-state index in [1.54, 1.807) is 5.56 Å². The van der Waals surface area contributed by atoms with E-state index in [9.17, 15) is 0 Å². The van der Waals surface area contributed by atoms with Crippen LogP contribution in [0.15, 0.2) is 24.3 Å². The van der Waals surface area contributed by atoms with Crippen LogP contribution >= 0.6 is 8.58 Å². The Morgan fingerprint density at radius 2 is 1.15 bits per heavy atom. The Balaban J connectivity index is 0.000000590. The molecule has 0 heterocycles. The van der Waals surface area contributed by atoms with Gasteiger partial charge >= 0.3 is 0 Å². The van der Waals surface area contributed by atoms with Crippen LogP contribution in [0, 0.1) is 6.92 Å². The van der Waals surface area contributed by atoms with Crippen molar-refractivity contribution in [2.24, 2.45) is 0 Å². The summed E-state index contributed by atoms with van der Waals surface area (Å²) in [5.74, 6) is 0. The summed E-state index contributed by atoms with van der Waals surface area (Å²) < 4.78 is 0. The second-order valence-corrected chi connectivity index (χ2v) is 13.0. The highest BCUT2D eigenvalue weighted by molar-refractivity contribution is 7.41. The molecule has 0 bridgehead atoms. The first-order chi connectivity index (χ1) is 12.0. The van der Waals surface area contributed by atoms with Crippen LogP contribution in [-0.2, 0) is 6.42 Å². The highest BCUT2D eigenvalue weighted by Crippen LogP contribution is 2.41. The van der Waals surface area contributed by atoms with E-state index in [-0.39, 0.29) is 0 Å². The van der Waals surface area contributed by atoms with Gasteiger partial charge in [-0.05, 0) is 41.2 Å². The molecule has 0 nitrogen and oxygen atoms in total. The van der Waals surface area contributed by atoms with Crippen molar-refractivity contribution in [3.8, 4) is 0 Å². The van der Waals surface area contributed by atoms with Gasteiger partial charge in [0.25, 0.3) is 0 Å². The fourth-order valence-corrected chi connectivity index (χ4v) is 5.71. The van der Waals surface area contributed by atoms with Crippen molar-refractivity contribution in [3.63, 3.8) is 0 Å². The minimum absolute atomic E-state index is 0.512. The highest BCUT2D eigenvalue weighted by atomic mass is 31.1.